The van der Waals surface area contributed by atoms with Gasteiger partial charge in [0.25, 0.3) is 5.91 Å². The number of aromatic nitrogens is 1. The van der Waals surface area contributed by atoms with E-state index in [1.54, 1.807) is 6.26 Å². The summed E-state index contributed by atoms with van der Waals surface area (Å²) in [5.41, 5.74) is 4.51. The topological polar surface area (TPSA) is 49.2 Å². The van der Waals surface area contributed by atoms with Gasteiger partial charge in [0.05, 0.1) is 12.3 Å². The molecule has 0 fully saturated rings. The number of amides is 1. The van der Waals surface area contributed by atoms with Gasteiger partial charge >= 0.3 is 0 Å². The van der Waals surface area contributed by atoms with Crippen LogP contribution in [0.1, 0.15) is 40.3 Å². The average Bonchev–Trinajstić information content (AvgIpc) is 3.11. The molecule has 0 aliphatic carbocycles. The van der Waals surface area contributed by atoms with Gasteiger partial charge in [-0.05, 0) is 38.0 Å². The minimum atomic E-state index is -0.0284. The van der Waals surface area contributed by atoms with Gasteiger partial charge in [-0.1, -0.05) is 18.2 Å². The number of fused-ring (bicyclic) bond motifs is 3. The molecule has 0 saturated carbocycles. The monoisotopic (exact) mass is 294 g/mol. The third-order valence-corrected chi connectivity index (χ3v) is 4.65. The molecular formula is C18H18N2O2. The van der Waals surface area contributed by atoms with Crippen molar-refractivity contribution in [3.63, 3.8) is 0 Å². The van der Waals surface area contributed by atoms with Crippen molar-refractivity contribution in [3.8, 4) is 0 Å². The maximum Gasteiger partial charge on any atom is 0.290 e. The van der Waals surface area contributed by atoms with Gasteiger partial charge in [0.2, 0.25) is 0 Å². The van der Waals surface area contributed by atoms with Gasteiger partial charge in [-0.25, -0.2) is 0 Å². The first-order valence-electron chi connectivity index (χ1n) is 7.61. The lowest BCUT2D eigenvalue weighted by molar-refractivity contribution is 0.0641. The number of nitrogens with one attached hydrogen (secondary N) is 1. The third-order valence-electron chi connectivity index (χ3n) is 4.65. The summed E-state index contributed by atoms with van der Waals surface area (Å²) in [6, 6.07) is 10.2. The van der Waals surface area contributed by atoms with E-state index in [9.17, 15) is 4.79 Å². The Labute approximate surface area is 128 Å². The second-order valence-electron chi connectivity index (χ2n) is 5.92. The zero-order valence-corrected chi connectivity index (χ0v) is 12.7. The molecule has 0 spiro atoms. The van der Waals surface area contributed by atoms with Crippen molar-refractivity contribution in [2.45, 2.75) is 26.3 Å². The number of aryl methyl sites for hydroxylation is 1. The lowest BCUT2D eigenvalue weighted by Gasteiger charge is -2.33. The predicted molar refractivity (Wildman–Crippen MR) is 84.9 cm³/mol. The molecule has 0 unspecified atom stereocenters. The molecule has 3 heterocycles. The molecule has 4 rings (SSSR count). The van der Waals surface area contributed by atoms with Crippen LogP contribution in [0.15, 0.2) is 41.0 Å². The van der Waals surface area contributed by atoms with E-state index in [2.05, 4.69) is 30.1 Å². The van der Waals surface area contributed by atoms with Crippen LogP contribution in [-0.4, -0.2) is 22.3 Å². The fourth-order valence-corrected chi connectivity index (χ4v) is 3.43. The fourth-order valence-electron chi connectivity index (χ4n) is 3.43. The van der Waals surface area contributed by atoms with Gasteiger partial charge in [0.15, 0.2) is 5.76 Å². The van der Waals surface area contributed by atoms with Crippen molar-refractivity contribution < 1.29 is 9.21 Å². The second kappa shape index (κ2) is 4.77. The second-order valence-corrected chi connectivity index (χ2v) is 5.92. The Hall–Kier alpha value is -2.49. The molecule has 0 saturated heterocycles. The number of para-hydroxylation sites is 1. The molecule has 1 N–H and O–H groups in total. The molecular weight excluding hydrogens is 276 g/mol. The highest BCUT2D eigenvalue weighted by Gasteiger charge is 2.32. The molecule has 1 aliphatic rings. The first-order valence-corrected chi connectivity index (χ1v) is 7.61. The highest BCUT2D eigenvalue weighted by Crippen LogP contribution is 2.35. The van der Waals surface area contributed by atoms with E-state index in [0.29, 0.717) is 5.76 Å². The molecule has 0 radical (unpaired) electrons. The zero-order chi connectivity index (χ0) is 15.3. The Morgan fingerprint density at radius 2 is 2.14 bits per heavy atom. The van der Waals surface area contributed by atoms with E-state index in [-0.39, 0.29) is 11.9 Å². The standard InChI is InChI=1S/C18H18N2O2/c1-11-8-10-22-17(11)18(21)20-9-7-14-13-5-3-4-6-15(13)19-16(14)12(20)2/h3-6,8,10,12,19H,7,9H2,1-2H3/t12-/m0/s1. The minimum absolute atomic E-state index is 0.0214. The first-order chi connectivity index (χ1) is 10.7. The van der Waals surface area contributed by atoms with E-state index < -0.39 is 0 Å². The predicted octanol–water partition coefficient (Wildman–Crippen LogP) is 3.83. The lowest BCUT2D eigenvalue weighted by Crippen LogP contribution is -2.38. The maximum absolute atomic E-state index is 12.7. The van der Waals surface area contributed by atoms with Crippen LogP contribution < -0.4 is 0 Å². The number of carbonyl (C=O) groups excluding carboxylic acids is 1. The Bertz CT molecular complexity index is 859. The number of nitrogens with zero attached hydrogens (tertiary/aromatic N) is 1. The van der Waals surface area contributed by atoms with Gasteiger partial charge in [-0.3, -0.25) is 4.79 Å². The van der Waals surface area contributed by atoms with Crippen LogP contribution in [0.4, 0.5) is 0 Å². The number of hydrogen-bond donors (Lipinski definition) is 1. The molecule has 2 aromatic heterocycles. The van der Waals surface area contributed by atoms with Gasteiger partial charge in [0, 0.05) is 28.7 Å². The van der Waals surface area contributed by atoms with Crippen molar-refractivity contribution >= 4 is 16.8 Å². The van der Waals surface area contributed by atoms with Crippen molar-refractivity contribution in [3.05, 3.63) is 59.2 Å². The fraction of sp³-hybridized carbons (Fsp3) is 0.278. The van der Waals surface area contributed by atoms with Crippen LogP contribution >= 0.6 is 0 Å². The quantitative estimate of drug-likeness (QED) is 0.741. The number of furan rings is 1. The number of carbonyl (C=O) groups is 1. The van der Waals surface area contributed by atoms with Crippen molar-refractivity contribution in [1.29, 1.82) is 0 Å². The number of H-pyrrole nitrogens is 1. The van der Waals surface area contributed by atoms with E-state index in [1.807, 2.05) is 24.0 Å². The molecule has 1 atom stereocenters. The van der Waals surface area contributed by atoms with E-state index >= 15 is 0 Å². The smallest absolute Gasteiger partial charge is 0.290 e. The summed E-state index contributed by atoms with van der Waals surface area (Å²) in [6.45, 7) is 4.69. The van der Waals surface area contributed by atoms with Crippen LogP contribution in [0, 0.1) is 6.92 Å². The highest BCUT2D eigenvalue weighted by molar-refractivity contribution is 5.94. The largest absolute Gasteiger partial charge is 0.459 e. The summed E-state index contributed by atoms with van der Waals surface area (Å²) in [5.74, 6) is 0.422. The number of benzene rings is 1. The van der Waals surface area contributed by atoms with E-state index in [4.69, 9.17) is 4.42 Å². The first kappa shape index (κ1) is 13.2. The van der Waals surface area contributed by atoms with Gasteiger partial charge in [0.1, 0.15) is 0 Å². The SMILES string of the molecule is Cc1ccoc1C(=O)N1CCc2c([nH]c3ccccc23)[C@@H]1C. The molecule has 112 valence electrons. The Morgan fingerprint density at radius 3 is 2.91 bits per heavy atom. The molecule has 1 amide bonds. The summed E-state index contributed by atoms with van der Waals surface area (Å²) in [5, 5.41) is 1.27. The van der Waals surface area contributed by atoms with Crippen LogP contribution in [0.2, 0.25) is 0 Å². The zero-order valence-electron chi connectivity index (χ0n) is 12.7. The van der Waals surface area contributed by atoms with Crippen molar-refractivity contribution in [2.24, 2.45) is 0 Å². The van der Waals surface area contributed by atoms with Gasteiger partial charge in [-0.2, -0.15) is 0 Å². The highest BCUT2D eigenvalue weighted by atomic mass is 16.3. The molecule has 0 bridgehead atoms. The summed E-state index contributed by atoms with van der Waals surface area (Å²) >= 11 is 0. The molecule has 22 heavy (non-hydrogen) atoms. The number of aromatic amines is 1. The maximum atomic E-state index is 12.7. The van der Waals surface area contributed by atoms with Crippen LogP contribution in [0.5, 0.6) is 0 Å². The van der Waals surface area contributed by atoms with Gasteiger partial charge in [-0.15, -0.1) is 0 Å². The van der Waals surface area contributed by atoms with Crippen LogP contribution in [0.3, 0.4) is 0 Å². The molecule has 1 aliphatic heterocycles. The van der Waals surface area contributed by atoms with Crippen molar-refractivity contribution in [2.75, 3.05) is 6.54 Å². The Morgan fingerprint density at radius 1 is 1.32 bits per heavy atom. The number of rotatable bonds is 1. The summed E-state index contributed by atoms with van der Waals surface area (Å²) in [6.07, 6.45) is 2.45. The molecule has 4 heteroatoms. The third kappa shape index (κ3) is 1.80. The molecule has 4 nitrogen and oxygen atoms in total. The van der Waals surface area contributed by atoms with Crippen LogP contribution in [0.25, 0.3) is 10.9 Å². The average molecular weight is 294 g/mol. The molecule has 1 aromatic carbocycles. The Balaban J connectivity index is 1.74. The lowest BCUT2D eigenvalue weighted by atomic mass is 9.98. The normalized spacial score (nSPS) is 17.7. The van der Waals surface area contributed by atoms with Crippen LogP contribution in [-0.2, 0) is 6.42 Å². The van der Waals surface area contributed by atoms with E-state index in [1.165, 1.54) is 10.9 Å². The summed E-state index contributed by atoms with van der Waals surface area (Å²) in [7, 11) is 0. The Kier molecular flexibility index (Phi) is 2.86. The van der Waals surface area contributed by atoms with Gasteiger partial charge < -0.3 is 14.3 Å². The van der Waals surface area contributed by atoms with Crippen molar-refractivity contribution in [1.82, 2.24) is 9.88 Å². The summed E-state index contributed by atoms with van der Waals surface area (Å²) < 4.78 is 5.37. The summed E-state index contributed by atoms with van der Waals surface area (Å²) in [4.78, 5) is 18.1. The van der Waals surface area contributed by atoms with E-state index in [0.717, 1.165) is 29.7 Å². The number of hydrogen-bond acceptors (Lipinski definition) is 2. The molecule has 3 aromatic rings. The minimum Gasteiger partial charge on any atom is -0.459 e.